The van der Waals surface area contributed by atoms with E-state index in [4.69, 9.17) is 9.47 Å². The van der Waals surface area contributed by atoms with Crippen molar-refractivity contribution >= 4 is 11.5 Å². The molecule has 1 aliphatic rings. The van der Waals surface area contributed by atoms with Gasteiger partial charge in [0.1, 0.15) is 0 Å². The van der Waals surface area contributed by atoms with Crippen molar-refractivity contribution in [1.82, 2.24) is 9.61 Å². The van der Waals surface area contributed by atoms with Crippen LogP contribution in [0.2, 0.25) is 0 Å². The van der Waals surface area contributed by atoms with Crippen molar-refractivity contribution in [2.75, 3.05) is 19.8 Å². The Morgan fingerprint density at radius 1 is 1.45 bits per heavy atom. The molecule has 1 fully saturated rings. The SMILES string of the molecule is CCOC(=O)c1cc(CCC2CCOCC2)n2ncccc12. The Hall–Kier alpha value is -1.88. The van der Waals surface area contributed by atoms with Gasteiger partial charge in [0.05, 0.1) is 17.7 Å². The number of hydrogen-bond acceptors (Lipinski definition) is 4. The van der Waals surface area contributed by atoms with E-state index in [1.165, 1.54) is 0 Å². The smallest absolute Gasteiger partial charge is 0.340 e. The second-order valence-corrected chi connectivity index (χ2v) is 5.68. The van der Waals surface area contributed by atoms with Crippen molar-refractivity contribution in [3.63, 3.8) is 0 Å². The second kappa shape index (κ2) is 6.92. The van der Waals surface area contributed by atoms with Crippen LogP contribution in [0, 0.1) is 5.92 Å². The zero-order valence-corrected chi connectivity index (χ0v) is 13.0. The summed E-state index contributed by atoms with van der Waals surface area (Å²) in [5, 5.41) is 4.39. The first-order chi connectivity index (χ1) is 10.8. The molecule has 2 aromatic heterocycles. The molecule has 1 aliphatic heterocycles. The van der Waals surface area contributed by atoms with E-state index in [0.29, 0.717) is 18.1 Å². The van der Waals surface area contributed by atoms with Gasteiger partial charge in [0, 0.05) is 25.1 Å². The minimum atomic E-state index is -0.273. The molecule has 0 aromatic carbocycles. The molecule has 0 atom stereocenters. The van der Waals surface area contributed by atoms with Crippen LogP contribution in [0.1, 0.15) is 42.2 Å². The van der Waals surface area contributed by atoms with Gasteiger partial charge in [0.2, 0.25) is 0 Å². The summed E-state index contributed by atoms with van der Waals surface area (Å²) in [6.45, 7) is 3.94. The van der Waals surface area contributed by atoms with E-state index in [-0.39, 0.29) is 5.97 Å². The van der Waals surface area contributed by atoms with E-state index >= 15 is 0 Å². The highest BCUT2D eigenvalue weighted by Crippen LogP contribution is 2.23. The predicted molar refractivity (Wildman–Crippen MR) is 83.0 cm³/mol. The Kier molecular flexibility index (Phi) is 4.73. The monoisotopic (exact) mass is 302 g/mol. The lowest BCUT2D eigenvalue weighted by Crippen LogP contribution is -2.16. The van der Waals surface area contributed by atoms with E-state index in [2.05, 4.69) is 5.10 Å². The summed E-state index contributed by atoms with van der Waals surface area (Å²) in [5.41, 5.74) is 2.50. The molecule has 0 bridgehead atoms. The normalized spacial score (nSPS) is 16.0. The van der Waals surface area contributed by atoms with E-state index in [1.54, 1.807) is 6.20 Å². The quantitative estimate of drug-likeness (QED) is 0.797. The van der Waals surface area contributed by atoms with Crippen LogP contribution in [-0.2, 0) is 15.9 Å². The van der Waals surface area contributed by atoms with Crippen LogP contribution in [-0.4, -0.2) is 35.4 Å². The summed E-state index contributed by atoms with van der Waals surface area (Å²) >= 11 is 0. The zero-order valence-electron chi connectivity index (χ0n) is 13.0. The maximum atomic E-state index is 12.1. The number of hydrogen-bond donors (Lipinski definition) is 0. The van der Waals surface area contributed by atoms with E-state index < -0.39 is 0 Å². The molecule has 0 spiro atoms. The third-order valence-electron chi connectivity index (χ3n) is 4.25. The first kappa shape index (κ1) is 15.0. The molecule has 3 rings (SSSR count). The Bertz CT molecular complexity index is 644. The number of carbonyl (C=O) groups is 1. The topological polar surface area (TPSA) is 52.8 Å². The predicted octanol–water partition coefficient (Wildman–Crippen LogP) is 2.87. The van der Waals surface area contributed by atoms with Crippen molar-refractivity contribution in [3.05, 3.63) is 35.7 Å². The Morgan fingerprint density at radius 2 is 2.27 bits per heavy atom. The van der Waals surface area contributed by atoms with Crippen molar-refractivity contribution < 1.29 is 14.3 Å². The van der Waals surface area contributed by atoms with Crippen molar-refractivity contribution in [3.8, 4) is 0 Å². The van der Waals surface area contributed by atoms with Gasteiger partial charge in [-0.3, -0.25) is 0 Å². The van der Waals surface area contributed by atoms with Crippen LogP contribution in [0.15, 0.2) is 24.4 Å². The molecule has 22 heavy (non-hydrogen) atoms. The lowest BCUT2D eigenvalue weighted by molar-refractivity contribution is 0.0528. The fourth-order valence-corrected chi connectivity index (χ4v) is 3.04. The van der Waals surface area contributed by atoms with Crippen LogP contribution in [0.3, 0.4) is 0 Å². The Balaban J connectivity index is 1.81. The molecule has 0 unspecified atom stereocenters. The highest BCUT2D eigenvalue weighted by molar-refractivity contribution is 5.97. The molecule has 118 valence electrons. The van der Waals surface area contributed by atoms with Crippen LogP contribution >= 0.6 is 0 Å². The van der Waals surface area contributed by atoms with Crippen molar-refractivity contribution in [1.29, 1.82) is 0 Å². The first-order valence-corrected chi connectivity index (χ1v) is 8.00. The number of nitrogens with zero attached hydrogens (tertiary/aromatic N) is 2. The molecule has 0 saturated carbocycles. The summed E-state index contributed by atoms with van der Waals surface area (Å²) in [5.74, 6) is 0.430. The van der Waals surface area contributed by atoms with Gasteiger partial charge in [0.15, 0.2) is 0 Å². The van der Waals surface area contributed by atoms with Crippen LogP contribution in [0.5, 0.6) is 0 Å². The zero-order chi connectivity index (χ0) is 15.4. The molecule has 0 aliphatic carbocycles. The second-order valence-electron chi connectivity index (χ2n) is 5.68. The lowest BCUT2D eigenvalue weighted by atomic mass is 9.94. The number of fused-ring (bicyclic) bond motifs is 1. The Labute approximate surface area is 130 Å². The van der Waals surface area contributed by atoms with Crippen molar-refractivity contribution in [2.24, 2.45) is 5.92 Å². The minimum absolute atomic E-state index is 0.273. The summed E-state index contributed by atoms with van der Waals surface area (Å²) in [6, 6.07) is 5.69. The molecule has 2 aromatic rings. The number of esters is 1. The number of aryl methyl sites for hydroxylation is 1. The fourth-order valence-electron chi connectivity index (χ4n) is 3.04. The van der Waals surface area contributed by atoms with Crippen molar-refractivity contribution in [2.45, 2.75) is 32.6 Å². The molecular weight excluding hydrogens is 280 g/mol. The minimum Gasteiger partial charge on any atom is -0.462 e. The van der Waals surface area contributed by atoms with Gasteiger partial charge < -0.3 is 9.47 Å². The lowest BCUT2D eigenvalue weighted by Gasteiger charge is -2.21. The number of rotatable bonds is 5. The van der Waals surface area contributed by atoms with Gasteiger partial charge in [-0.2, -0.15) is 5.10 Å². The fraction of sp³-hybridized carbons (Fsp3) is 0.529. The highest BCUT2D eigenvalue weighted by atomic mass is 16.5. The molecule has 5 nitrogen and oxygen atoms in total. The first-order valence-electron chi connectivity index (χ1n) is 8.00. The molecule has 0 radical (unpaired) electrons. The highest BCUT2D eigenvalue weighted by Gasteiger charge is 2.19. The maximum absolute atomic E-state index is 12.1. The van der Waals surface area contributed by atoms with Crippen LogP contribution in [0.25, 0.3) is 5.52 Å². The molecule has 5 heteroatoms. The number of aromatic nitrogens is 2. The molecule has 0 N–H and O–H groups in total. The van der Waals surface area contributed by atoms with Gasteiger partial charge in [0.25, 0.3) is 0 Å². The molecule has 0 amide bonds. The standard InChI is InChI=1S/C17H22N2O3/c1-2-22-17(20)15-12-14(19-16(15)4-3-9-18-19)6-5-13-7-10-21-11-8-13/h3-4,9,12-13H,2,5-8,10-11H2,1H3. The van der Waals surface area contributed by atoms with E-state index in [9.17, 15) is 4.79 Å². The average molecular weight is 302 g/mol. The third-order valence-corrected chi connectivity index (χ3v) is 4.25. The summed E-state index contributed by atoms with van der Waals surface area (Å²) in [7, 11) is 0. The average Bonchev–Trinajstić information content (AvgIpc) is 2.93. The maximum Gasteiger partial charge on any atom is 0.340 e. The van der Waals surface area contributed by atoms with E-state index in [0.717, 1.165) is 50.1 Å². The summed E-state index contributed by atoms with van der Waals surface area (Å²) in [6.07, 6.45) is 6.03. The number of carbonyl (C=O) groups excluding carboxylic acids is 1. The van der Waals surface area contributed by atoms with Gasteiger partial charge in [-0.15, -0.1) is 0 Å². The molecule has 1 saturated heterocycles. The Morgan fingerprint density at radius 3 is 3.05 bits per heavy atom. The molecule has 3 heterocycles. The van der Waals surface area contributed by atoms with Crippen LogP contribution in [0.4, 0.5) is 0 Å². The van der Waals surface area contributed by atoms with Gasteiger partial charge in [-0.05, 0) is 56.7 Å². The summed E-state index contributed by atoms with van der Waals surface area (Å²) in [4.78, 5) is 12.1. The summed E-state index contributed by atoms with van der Waals surface area (Å²) < 4.78 is 12.4. The number of ether oxygens (including phenoxy) is 2. The molecular formula is C17H22N2O3. The van der Waals surface area contributed by atoms with E-state index in [1.807, 2.05) is 29.6 Å². The third kappa shape index (κ3) is 3.14. The van der Waals surface area contributed by atoms with Gasteiger partial charge >= 0.3 is 5.97 Å². The van der Waals surface area contributed by atoms with Crippen LogP contribution < -0.4 is 0 Å². The van der Waals surface area contributed by atoms with Gasteiger partial charge in [-0.25, -0.2) is 9.31 Å². The van der Waals surface area contributed by atoms with Gasteiger partial charge in [-0.1, -0.05) is 0 Å². The largest absolute Gasteiger partial charge is 0.462 e.